The van der Waals surface area contributed by atoms with E-state index in [1.807, 2.05) is 11.8 Å². The summed E-state index contributed by atoms with van der Waals surface area (Å²) in [6.07, 6.45) is 0.544. The number of nitro groups is 1. The van der Waals surface area contributed by atoms with Gasteiger partial charge < -0.3 is 4.98 Å². The first-order valence-corrected chi connectivity index (χ1v) is 11.7. The Bertz CT molecular complexity index is 1160. The van der Waals surface area contributed by atoms with Crippen molar-refractivity contribution in [2.75, 3.05) is 32.7 Å². The van der Waals surface area contributed by atoms with E-state index in [1.165, 1.54) is 35.5 Å². The van der Waals surface area contributed by atoms with E-state index in [0.717, 1.165) is 0 Å². The summed E-state index contributed by atoms with van der Waals surface area (Å²) in [7, 11) is -4.03. The molecule has 0 aliphatic carbocycles. The quantitative estimate of drug-likeness (QED) is 0.361. The summed E-state index contributed by atoms with van der Waals surface area (Å²) in [6.45, 7) is 6.06. The van der Waals surface area contributed by atoms with Crippen molar-refractivity contribution in [3.8, 4) is 0 Å². The second-order valence-electron chi connectivity index (χ2n) is 7.72. The van der Waals surface area contributed by atoms with Gasteiger partial charge in [-0.2, -0.15) is 4.31 Å². The number of sulfonamides is 1. The number of H-pyrrole nitrogens is 1. The first-order chi connectivity index (χ1) is 15.1. The molecule has 0 radical (unpaired) electrons. The van der Waals surface area contributed by atoms with Gasteiger partial charge in [-0.05, 0) is 31.9 Å². The number of aromatic amines is 1. The highest BCUT2D eigenvalue weighted by atomic mass is 32.2. The van der Waals surface area contributed by atoms with Crippen LogP contribution in [-0.2, 0) is 16.4 Å². The number of Topliss-reactive ketones (excluding diaryl/α,β-unsaturated/α-hetero) is 2. The Morgan fingerprint density at radius 1 is 1.16 bits per heavy atom. The lowest BCUT2D eigenvalue weighted by Gasteiger charge is -2.33. The normalized spacial score (nSPS) is 15.6. The number of rotatable bonds is 8. The molecule has 1 saturated heterocycles. The number of hydrogen-bond acceptors (Lipinski definition) is 7. The van der Waals surface area contributed by atoms with Crippen molar-refractivity contribution in [1.29, 1.82) is 0 Å². The topological polar surface area (TPSA) is 134 Å². The van der Waals surface area contributed by atoms with Crippen molar-refractivity contribution in [1.82, 2.24) is 14.2 Å². The lowest BCUT2D eigenvalue weighted by Crippen LogP contribution is -2.49. The summed E-state index contributed by atoms with van der Waals surface area (Å²) in [5, 5.41) is 11.2. The van der Waals surface area contributed by atoms with Crippen molar-refractivity contribution in [2.45, 2.75) is 32.1 Å². The molecular formula is C21H26N4O6S. The number of piperazine rings is 1. The number of nitrogens with zero attached hydrogens (tertiary/aromatic N) is 3. The third-order valence-electron chi connectivity index (χ3n) is 5.65. The Labute approximate surface area is 186 Å². The predicted molar refractivity (Wildman–Crippen MR) is 118 cm³/mol. The maximum atomic E-state index is 12.9. The SMILES string of the molecule is CCc1c(C(=O)CN2CCN(S(=O)(=O)c3ccccc3[N+](=O)[O-])CC2)[nH]c(C)c1C(C)=O. The number of hydrogen-bond donors (Lipinski definition) is 1. The number of nitrogens with one attached hydrogen (secondary N) is 1. The van der Waals surface area contributed by atoms with Gasteiger partial charge in [0.1, 0.15) is 0 Å². The van der Waals surface area contributed by atoms with Crippen molar-refractivity contribution >= 4 is 27.3 Å². The molecule has 172 valence electrons. The minimum absolute atomic E-state index is 0.0870. The third kappa shape index (κ3) is 4.50. The first kappa shape index (κ1) is 23.8. The summed E-state index contributed by atoms with van der Waals surface area (Å²) >= 11 is 0. The van der Waals surface area contributed by atoms with E-state index in [2.05, 4.69) is 4.98 Å². The highest BCUT2D eigenvalue weighted by Gasteiger charge is 2.34. The van der Waals surface area contributed by atoms with Gasteiger partial charge in [-0.25, -0.2) is 8.42 Å². The van der Waals surface area contributed by atoms with Crippen molar-refractivity contribution in [2.24, 2.45) is 0 Å². The van der Waals surface area contributed by atoms with Crippen LogP contribution in [0, 0.1) is 17.0 Å². The van der Waals surface area contributed by atoms with Crippen LogP contribution in [0.3, 0.4) is 0 Å². The van der Waals surface area contributed by atoms with Gasteiger partial charge in [0.25, 0.3) is 5.69 Å². The predicted octanol–water partition coefficient (Wildman–Crippen LogP) is 2.19. The van der Waals surface area contributed by atoms with E-state index in [9.17, 15) is 28.1 Å². The molecule has 1 fully saturated rings. The number of carbonyl (C=O) groups excluding carboxylic acids is 2. The lowest BCUT2D eigenvalue weighted by molar-refractivity contribution is -0.387. The fourth-order valence-electron chi connectivity index (χ4n) is 4.12. The summed E-state index contributed by atoms with van der Waals surface area (Å²) in [5.41, 5.74) is 1.89. The Morgan fingerprint density at radius 3 is 2.34 bits per heavy atom. The molecule has 0 unspecified atom stereocenters. The van der Waals surface area contributed by atoms with Crippen LogP contribution in [0.4, 0.5) is 5.69 Å². The molecule has 0 saturated carbocycles. The lowest BCUT2D eigenvalue weighted by atomic mass is 10.0. The van der Waals surface area contributed by atoms with Gasteiger partial charge in [0.15, 0.2) is 16.5 Å². The van der Waals surface area contributed by atoms with Gasteiger partial charge in [0.2, 0.25) is 10.0 Å². The second kappa shape index (κ2) is 9.31. The van der Waals surface area contributed by atoms with Crippen LogP contribution in [-0.4, -0.2) is 71.8 Å². The number of aromatic nitrogens is 1. The maximum Gasteiger partial charge on any atom is 0.289 e. The van der Waals surface area contributed by atoms with Gasteiger partial charge in [0, 0.05) is 43.5 Å². The molecule has 32 heavy (non-hydrogen) atoms. The van der Waals surface area contributed by atoms with Crippen LogP contribution in [0.15, 0.2) is 29.2 Å². The number of benzene rings is 1. The number of ketones is 2. The number of carbonyl (C=O) groups is 2. The fourth-order valence-corrected chi connectivity index (χ4v) is 5.70. The van der Waals surface area contributed by atoms with Gasteiger partial charge in [-0.15, -0.1) is 0 Å². The second-order valence-corrected chi connectivity index (χ2v) is 9.62. The van der Waals surface area contributed by atoms with Gasteiger partial charge >= 0.3 is 0 Å². The zero-order valence-corrected chi connectivity index (χ0v) is 19.1. The van der Waals surface area contributed by atoms with E-state index in [0.29, 0.717) is 42.0 Å². The van der Waals surface area contributed by atoms with Crippen molar-refractivity contribution in [3.63, 3.8) is 0 Å². The Morgan fingerprint density at radius 2 is 1.78 bits per heavy atom. The Kier molecular flexibility index (Phi) is 6.91. The monoisotopic (exact) mass is 462 g/mol. The molecule has 10 nitrogen and oxygen atoms in total. The summed E-state index contributed by atoms with van der Waals surface area (Å²) in [4.78, 5) is 39.9. The maximum absolute atomic E-state index is 12.9. The average Bonchev–Trinajstić information content (AvgIpc) is 3.10. The van der Waals surface area contributed by atoms with E-state index in [-0.39, 0.29) is 36.1 Å². The van der Waals surface area contributed by atoms with E-state index >= 15 is 0 Å². The molecule has 2 heterocycles. The van der Waals surface area contributed by atoms with Crippen molar-refractivity contribution in [3.05, 3.63) is 56.9 Å². The summed E-state index contributed by atoms with van der Waals surface area (Å²) < 4.78 is 27.1. The van der Waals surface area contributed by atoms with Crippen LogP contribution in [0.2, 0.25) is 0 Å². The van der Waals surface area contributed by atoms with Crippen LogP contribution in [0.25, 0.3) is 0 Å². The number of para-hydroxylation sites is 1. The largest absolute Gasteiger partial charge is 0.355 e. The minimum atomic E-state index is -4.03. The molecular weight excluding hydrogens is 436 g/mol. The fraction of sp³-hybridized carbons (Fsp3) is 0.429. The zero-order valence-electron chi connectivity index (χ0n) is 18.3. The smallest absolute Gasteiger partial charge is 0.289 e. The van der Waals surface area contributed by atoms with Crippen molar-refractivity contribution < 1.29 is 22.9 Å². The van der Waals surface area contributed by atoms with E-state index in [1.54, 1.807) is 6.92 Å². The standard InChI is InChI=1S/C21H26N4O6S/c1-4-16-20(15(3)26)14(2)22-21(16)18(27)13-23-9-11-24(12-10-23)32(30,31)19-8-6-5-7-17(19)25(28)29/h5-8,22H,4,9-13H2,1-3H3. The molecule has 1 aliphatic rings. The third-order valence-corrected chi connectivity index (χ3v) is 7.60. The molecule has 0 spiro atoms. The first-order valence-electron chi connectivity index (χ1n) is 10.3. The molecule has 0 atom stereocenters. The van der Waals surface area contributed by atoms with Crippen LogP contribution in [0.1, 0.15) is 46.0 Å². The molecule has 0 bridgehead atoms. The highest BCUT2D eigenvalue weighted by molar-refractivity contribution is 7.89. The van der Waals surface area contributed by atoms with Gasteiger partial charge in [-0.3, -0.25) is 24.6 Å². The molecule has 11 heteroatoms. The summed E-state index contributed by atoms with van der Waals surface area (Å²) in [5.74, 6) is -0.254. The van der Waals surface area contributed by atoms with Crippen LogP contribution >= 0.6 is 0 Å². The molecule has 2 aromatic rings. The van der Waals surface area contributed by atoms with E-state index < -0.39 is 20.6 Å². The molecule has 3 rings (SSSR count). The van der Waals surface area contributed by atoms with Gasteiger partial charge in [0.05, 0.1) is 17.2 Å². The zero-order chi connectivity index (χ0) is 23.6. The molecule has 1 aliphatic heterocycles. The van der Waals surface area contributed by atoms with Gasteiger partial charge in [-0.1, -0.05) is 19.1 Å². The molecule has 1 aromatic heterocycles. The van der Waals surface area contributed by atoms with Crippen LogP contribution in [0.5, 0.6) is 0 Å². The minimum Gasteiger partial charge on any atom is -0.355 e. The Balaban J connectivity index is 1.71. The average molecular weight is 463 g/mol. The molecule has 1 N–H and O–H groups in total. The Hall–Kier alpha value is -2.89. The molecule has 1 aromatic carbocycles. The van der Waals surface area contributed by atoms with Crippen LogP contribution < -0.4 is 0 Å². The summed E-state index contributed by atoms with van der Waals surface area (Å²) in [6, 6.07) is 5.27. The number of nitro benzene ring substituents is 1. The van der Waals surface area contributed by atoms with E-state index in [4.69, 9.17) is 0 Å². The molecule has 0 amide bonds. The number of aryl methyl sites for hydroxylation is 1. The highest BCUT2D eigenvalue weighted by Crippen LogP contribution is 2.27.